The van der Waals surface area contributed by atoms with Gasteiger partial charge in [0.2, 0.25) is 0 Å². The number of aryl methyl sites for hydroxylation is 1. The molecule has 0 atom stereocenters. The van der Waals surface area contributed by atoms with Gasteiger partial charge in [-0.3, -0.25) is 0 Å². The van der Waals surface area contributed by atoms with Gasteiger partial charge in [0.1, 0.15) is 13.6 Å². The number of halogens is 1. The molecule has 31 heavy (non-hydrogen) atoms. The zero-order chi connectivity index (χ0) is 24.0. The number of pyridine rings is 1. The summed E-state index contributed by atoms with van der Waals surface area (Å²) < 4.78 is 1.52. The molecule has 0 saturated carbocycles. The highest BCUT2D eigenvalue weighted by molar-refractivity contribution is 6.30. The van der Waals surface area contributed by atoms with E-state index in [0.717, 1.165) is 0 Å². The number of nitrogens with zero attached hydrogens (tertiary/aromatic N) is 3. The lowest BCUT2D eigenvalue weighted by Crippen LogP contribution is -2.10. The van der Waals surface area contributed by atoms with E-state index in [1.54, 1.807) is 12.3 Å². The normalized spacial score (nSPS) is 9.42. The van der Waals surface area contributed by atoms with Crippen molar-refractivity contribution in [2.24, 2.45) is 0 Å². The molecule has 0 aliphatic rings. The van der Waals surface area contributed by atoms with Crippen LogP contribution in [0.2, 0.25) is 5.02 Å². The van der Waals surface area contributed by atoms with Gasteiger partial charge < -0.3 is 20.6 Å². The molecular formula is C23H28ClN5O2. The Morgan fingerprint density at radius 2 is 1.71 bits per heavy atom. The Kier molecular flexibility index (Phi) is 12.0. The van der Waals surface area contributed by atoms with Gasteiger partial charge in [-0.1, -0.05) is 68.6 Å². The van der Waals surface area contributed by atoms with Gasteiger partial charge >= 0.3 is 0 Å². The largest absolute Gasteiger partial charge is 0.396 e. The van der Waals surface area contributed by atoms with E-state index in [1.807, 2.05) is 13.6 Å². The van der Waals surface area contributed by atoms with Crippen molar-refractivity contribution >= 4 is 36.6 Å². The summed E-state index contributed by atoms with van der Waals surface area (Å²) in [5.74, 6) is 0.541. The van der Waals surface area contributed by atoms with E-state index in [2.05, 4.69) is 73.4 Å². The van der Waals surface area contributed by atoms with Crippen molar-refractivity contribution in [2.45, 2.75) is 33.1 Å². The van der Waals surface area contributed by atoms with E-state index < -0.39 is 0 Å². The Morgan fingerprint density at radius 3 is 2.16 bits per heavy atom. The van der Waals surface area contributed by atoms with Gasteiger partial charge in [0.05, 0.1) is 28.8 Å². The molecule has 1 aromatic carbocycles. The SMILES string of the molecule is C#CNc1cc(Cl)cnc1-n1cc(N)cn1.C=O.C=O.Cc1ccc(C(C)(C)C)cc1. The lowest BCUT2D eigenvalue weighted by Gasteiger charge is -2.18. The Balaban J connectivity index is 0.000000526. The molecule has 3 aromatic rings. The lowest BCUT2D eigenvalue weighted by atomic mass is 9.87. The first-order valence-electron chi connectivity index (χ1n) is 9.03. The number of nitrogen functional groups attached to an aromatic ring is 1. The van der Waals surface area contributed by atoms with Gasteiger partial charge in [0.15, 0.2) is 5.82 Å². The number of hydrogen-bond acceptors (Lipinski definition) is 6. The number of aromatic nitrogens is 3. The molecular weight excluding hydrogens is 414 g/mol. The van der Waals surface area contributed by atoms with Crippen LogP contribution >= 0.6 is 11.6 Å². The first kappa shape index (κ1) is 27.4. The van der Waals surface area contributed by atoms with Crippen LogP contribution in [-0.2, 0) is 15.0 Å². The molecule has 0 fully saturated rings. The van der Waals surface area contributed by atoms with Gasteiger partial charge in [0, 0.05) is 12.2 Å². The molecule has 8 heteroatoms. The average molecular weight is 442 g/mol. The quantitative estimate of drug-likeness (QED) is 0.450. The Bertz CT molecular complexity index is 971. The summed E-state index contributed by atoms with van der Waals surface area (Å²) in [7, 11) is 0. The number of hydrogen-bond donors (Lipinski definition) is 2. The summed E-state index contributed by atoms with van der Waals surface area (Å²) in [6, 6.07) is 12.7. The summed E-state index contributed by atoms with van der Waals surface area (Å²) in [5.41, 5.74) is 9.73. The molecule has 0 aliphatic heterocycles. The average Bonchev–Trinajstić information content (AvgIpc) is 3.17. The molecule has 0 radical (unpaired) electrons. The van der Waals surface area contributed by atoms with Crippen LogP contribution in [-0.4, -0.2) is 28.3 Å². The van der Waals surface area contributed by atoms with Crippen molar-refractivity contribution in [3.05, 3.63) is 65.1 Å². The highest BCUT2D eigenvalue weighted by atomic mass is 35.5. The number of nitrogens with two attached hydrogens (primary N) is 1. The van der Waals surface area contributed by atoms with Crippen molar-refractivity contribution in [3.8, 4) is 18.3 Å². The van der Waals surface area contributed by atoms with E-state index in [-0.39, 0.29) is 5.41 Å². The second-order valence-electron chi connectivity index (χ2n) is 7.13. The minimum atomic E-state index is 0.285. The maximum atomic E-state index is 8.00. The van der Waals surface area contributed by atoms with Crippen molar-refractivity contribution in [3.63, 3.8) is 0 Å². The first-order valence-corrected chi connectivity index (χ1v) is 9.41. The smallest absolute Gasteiger partial charge is 0.177 e. The monoisotopic (exact) mass is 441 g/mol. The summed E-state index contributed by atoms with van der Waals surface area (Å²) in [6.45, 7) is 12.8. The molecule has 164 valence electrons. The molecule has 3 N–H and O–H groups in total. The standard InChI is InChI=1S/C11H16.C10H8ClN5.2CH2O/c1-9-5-7-10(8-6-9)11(2,3)4;1-2-13-9-3-7(11)4-14-10(9)16-6-8(12)5-15-16;2*1-2/h5-8H,1-4H3;1,3-6,13H,12H2;2*1H2. The second-order valence-corrected chi connectivity index (χ2v) is 7.56. The molecule has 7 nitrogen and oxygen atoms in total. The fourth-order valence-corrected chi connectivity index (χ4v) is 2.45. The second kappa shape index (κ2) is 13.6. The number of terminal acetylenes is 1. The molecule has 2 heterocycles. The minimum Gasteiger partial charge on any atom is -0.396 e. The molecule has 2 aromatic heterocycles. The summed E-state index contributed by atoms with van der Waals surface area (Å²) >= 11 is 5.82. The van der Waals surface area contributed by atoms with Gasteiger partial charge in [0.25, 0.3) is 0 Å². The predicted octanol–water partition coefficient (Wildman–Crippen LogP) is 4.43. The molecule has 0 spiro atoms. The molecule has 0 saturated heterocycles. The van der Waals surface area contributed by atoms with Crippen molar-refractivity contribution in [1.82, 2.24) is 14.8 Å². The number of carbonyl (C=O) groups is 2. The van der Waals surface area contributed by atoms with Gasteiger partial charge in [-0.05, 0) is 24.0 Å². The van der Waals surface area contributed by atoms with E-state index in [9.17, 15) is 0 Å². The molecule has 0 amide bonds. The Morgan fingerprint density at radius 1 is 1.13 bits per heavy atom. The maximum Gasteiger partial charge on any atom is 0.177 e. The third-order valence-electron chi connectivity index (χ3n) is 3.78. The highest BCUT2D eigenvalue weighted by Gasteiger charge is 2.12. The van der Waals surface area contributed by atoms with Crippen LogP contribution in [0.1, 0.15) is 31.9 Å². The van der Waals surface area contributed by atoms with E-state index in [0.29, 0.717) is 22.2 Å². The van der Waals surface area contributed by atoms with E-state index in [1.165, 1.54) is 28.2 Å². The highest BCUT2D eigenvalue weighted by Crippen LogP contribution is 2.22. The van der Waals surface area contributed by atoms with Gasteiger partial charge in [-0.15, -0.1) is 0 Å². The van der Waals surface area contributed by atoms with Crippen LogP contribution in [0.15, 0.2) is 48.9 Å². The van der Waals surface area contributed by atoms with Crippen molar-refractivity contribution in [2.75, 3.05) is 11.1 Å². The fourth-order valence-electron chi connectivity index (χ4n) is 2.29. The van der Waals surface area contributed by atoms with Gasteiger partial charge in [-0.25, -0.2) is 9.67 Å². The van der Waals surface area contributed by atoms with Crippen LogP contribution in [0.4, 0.5) is 11.4 Å². The van der Waals surface area contributed by atoms with Crippen LogP contribution in [0.25, 0.3) is 5.82 Å². The number of nitrogens with one attached hydrogen (secondary N) is 1. The zero-order valence-corrected chi connectivity index (χ0v) is 19.0. The summed E-state index contributed by atoms with van der Waals surface area (Å²) in [4.78, 5) is 20.1. The zero-order valence-electron chi connectivity index (χ0n) is 18.2. The Labute approximate surface area is 188 Å². The topological polar surface area (TPSA) is 103 Å². The summed E-state index contributed by atoms with van der Waals surface area (Å²) in [6.07, 6.45) is 9.85. The summed E-state index contributed by atoms with van der Waals surface area (Å²) in [5, 5.41) is 7.23. The minimum absolute atomic E-state index is 0.285. The molecule has 0 bridgehead atoms. The number of rotatable bonds is 2. The van der Waals surface area contributed by atoms with Crippen LogP contribution < -0.4 is 11.1 Å². The fraction of sp³-hybridized carbons (Fsp3) is 0.217. The van der Waals surface area contributed by atoms with Crippen LogP contribution in [0.3, 0.4) is 0 Å². The van der Waals surface area contributed by atoms with Crippen molar-refractivity contribution in [1.29, 1.82) is 0 Å². The first-order chi connectivity index (χ1) is 14.7. The molecule has 0 unspecified atom stereocenters. The molecule has 3 rings (SSSR count). The van der Waals surface area contributed by atoms with Crippen LogP contribution in [0, 0.1) is 19.4 Å². The number of carbonyl (C=O) groups excluding carboxylic acids is 2. The number of anilines is 2. The van der Waals surface area contributed by atoms with E-state index >= 15 is 0 Å². The Hall–Kier alpha value is -3.63. The lowest BCUT2D eigenvalue weighted by molar-refractivity contribution is -0.0987. The molecule has 0 aliphatic carbocycles. The van der Waals surface area contributed by atoms with Gasteiger partial charge in [-0.2, -0.15) is 5.10 Å². The third kappa shape index (κ3) is 9.15. The number of benzene rings is 1. The maximum absolute atomic E-state index is 8.00. The predicted molar refractivity (Wildman–Crippen MR) is 127 cm³/mol. The van der Waals surface area contributed by atoms with Crippen LogP contribution in [0.5, 0.6) is 0 Å². The third-order valence-corrected chi connectivity index (χ3v) is 3.98. The van der Waals surface area contributed by atoms with E-state index in [4.69, 9.17) is 33.3 Å². The van der Waals surface area contributed by atoms with Crippen molar-refractivity contribution < 1.29 is 9.59 Å².